The molecule has 6 nitrogen and oxygen atoms in total. The molecule has 0 bridgehead atoms. The van der Waals surface area contributed by atoms with E-state index in [1.807, 2.05) is 12.1 Å². The molecule has 0 spiro atoms. The first kappa shape index (κ1) is 14.4. The zero-order chi connectivity index (χ0) is 15.7. The fraction of sp³-hybridized carbons (Fsp3) is 0.375. The zero-order valence-electron chi connectivity index (χ0n) is 12.9. The van der Waals surface area contributed by atoms with Crippen LogP contribution in [-0.4, -0.2) is 36.7 Å². The van der Waals surface area contributed by atoms with Crippen molar-refractivity contribution in [3.05, 3.63) is 40.8 Å². The van der Waals surface area contributed by atoms with Crippen LogP contribution in [0, 0.1) is 6.92 Å². The van der Waals surface area contributed by atoms with Crippen molar-refractivity contribution in [3.63, 3.8) is 0 Å². The Hall–Kier alpha value is -2.50. The molecule has 22 heavy (non-hydrogen) atoms. The zero-order valence-corrected chi connectivity index (χ0v) is 12.9. The second-order valence-electron chi connectivity index (χ2n) is 5.29. The minimum Gasteiger partial charge on any atom is -0.493 e. The predicted molar refractivity (Wildman–Crippen MR) is 79.2 cm³/mol. The number of aryl methyl sites for hydroxylation is 1. The number of hydrogen-bond donors (Lipinski definition) is 0. The van der Waals surface area contributed by atoms with Gasteiger partial charge in [0.15, 0.2) is 11.5 Å². The van der Waals surface area contributed by atoms with Gasteiger partial charge in [0.2, 0.25) is 5.76 Å². The van der Waals surface area contributed by atoms with Crippen LogP contribution < -0.4 is 9.47 Å². The lowest BCUT2D eigenvalue weighted by Crippen LogP contribution is -2.35. The molecule has 0 atom stereocenters. The first-order valence-corrected chi connectivity index (χ1v) is 7.08. The number of benzene rings is 1. The molecule has 1 aromatic heterocycles. The maximum atomic E-state index is 12.4. The average molecular weight is 302 g/mol. The molecule has 0 N–H and O–H groups in total. The number of rotatable bonds is 3. The lowest BCUT2D eigenvalue weighted by Gasteiger charge is -2.28. The van der Waals surface area contributed by atoms with Crippen LogP contribution in [0.5, 0.6) is 11.5 Å². The summed E-state index contributed by atoms with van der Waals surface area (Å²) in [6.07, 6.45) is 0.772. The second-order valence-corrected chi connectivity index (χ2v) is 5.29. The summed E-state index contributed by atoms with van der Waals surface area (Å²) in [6, 6.07) is 5.57. The van der Waals surface area contributed by atoms with E-state index in [2.05, 4.69) is 5.16 Å². The average Bonchev–Trinajstić information content (AvgIpc) is 2.98. The van der Waals surface area contributed by atoms with E-state index in [9.17, 15) is 4.79 Å². The highest BCUT2D eigenvalue weighted by molar-refractivity contribution is 5.91. The van der Waals surface area contributed by atoms with Crippen LogP contribution in [0.15, 0.2) is 22.7 Å². The largest absolute Gasteiger partial charge is 0.493 e. The smallest absolute Gasteiger partial charge is 0.292 e. The molecule has 0 unspecified atom stereocenters. The van der Waals surface area contributed by atoms with Crippen molar-refractivity contribution in [3.8, 4) is 11.5 Å². The van der Waals surface area contributed by atoms with Crippen LogP contribution in [0.3, 0.4) is 0 Å². The van der Waals surface area contributed by atoms with Crippen molar-refractivity contribution in [1.82, 2.24) is 10.1 Å². The highest BCUT2D eigenvalue weighted by atomic mass is 16.5. The topological polar surface area (TPSA) is 64.8 Å². The Bertz CT molecular complexity index is 708. The lowest BCUT2D eigenvalue weighted by molar-refractivity contribution is 0.0692. The van der Waals surface area contributed by atoms with Gasteiger partial charge in [0.25, 0.3) is 5.91 Å². The minimum absolute atomic E-state index is 0.138. The van der Waals surface area contributed by atoms with Crippen LogP contribution in [0.2, 0.25) is 0 Å². The predicted octanol–water partition coefficient (Wildman–Crippen LogP) is 2.20. The Morgan fingerprint density at radius 2 is 1.86 bits per heavy atom. The number of amides is 1. The Kier molecular flexibility index (Phi) is 3.75. The number of carbonyl (C=O) groups is 1. The van der Waals surface area contributed by atoms with Gasteiger partial charge >= 0.3 is 0 Å². The number of carbonyl (C=O) groups excluding carboxylic acids is 1. The Morgan fingerprint density at radius 3 is 2.45 bits per heavy atom. The maximum absolute atomic E-state index is 12.4. The van der Waals surface area contributed by atoms with Gasteiger partial charge in [0, 0.05) is 19.2 Å². The quantitative estimate of drug-likeness (QED) is 0.869. The van der Waals surface area contributed by atoms with Crippen molar-refractivity contribution >= 4 is 5.91 Å². The van der Waals surface area contributed by atoms with E-state index >= 15 is 0 Å². The van der Waals surface area contributed by atoms with Gasteiger partial charge in [-0.25, -0.2) is 0 Å². The third kappa shape index (κ3) is 2.52. The van der Waals surface area contributed by atoms with Gasteiger partial charge in [-0.1, -0.05) is 5.16 Å². The molecule has 0 fully saturated rings. The van der Waals surface area contributed by atoms with Crippen LogP contribution in [0.1, 0.15) is 27.4 Å². The number of nitrogens with zero attached hydrogens (tertiary/aromatic N) is 2. The van der Waals surface area contributed by atoms with Crippen LogP contribution in [0.4, 0.5) is 0 Å². The highest BCUT2D eigenvalue weighted by Gasteiger charge is 2.25. The molecule has 0 saturated carbocycles. The Balaban J connectivity index is 1.85. The van der Waals surface area contributed by atoms with E-state index in [-0.39, 0.29) is 11.7 Å². The molecule has 1 aliphatic rings. The summed E-state index contributed by atoms with van der Waals surface area (Å²) in [5.41, 5.74) is 2.94. The molecule has 1 aromatic carbocycles. The van der Waals surface area contributed by atoms with Crippen molar-refractivity contribution < 1.29 is 18.8 Å². The molecule has 3 rings (SSSR count). The summed E-state index contributed by atoms with van der Waals surface area (Å²) >= 11 is 0. The monoisotopic (exact) mass is 302 g/mol. The highest BCUT2D eigenvalue weighted by Crippen LogP contribution is 2.33. The number of aromatic nitrogens is 1. The van der Waals surface area contributed by atoms with E-state index in [1.54, 1.807) is 32.1 Å². The van der Waals surface area contributed by atoms with Crippen LogP contribution >= 0.6 is 0 Å². The van der Waals surface area contributed by atoms with E-state index in [4.69, 9.17) is 14.0 Å². The fourth-order valence-corrected chi connectivity index (χ4v) is 2.68. The van der Waals surface area contributed by atoms with Crippen molar-refractivity contribution in [2.45, 2.75) is 19.9 Å². The number of fused-ring (bicyclic) bond motifs is 1. The summed E-state index contributed by atoms with van der Waals surface area (Å²) in [6.45, 7) is 2.96. The third-order valence-electron chi connectivity index (χ3n) is 3.84. The van der Waals surface area contributed by atoms with E-state index in [0.717, 1.165) is 12.0 Å². The second kappa shape index (κ2) is 5.71. The van der Waals surface area contributed by atoms with Crippen molar-refractivity contribution in [2.24, 2.45) is 0 Å². The Morgan fingerprint density at radius 1 is 1.18 bits per heavy atom. The minimum atomic E-state index is -0.138. The molecule has 0 radical (unpaired) electrons. The molecular weight excluding hydrogens is 284 g/mol. The third-order valence-corrected chi connectivity index (χ3v) is 3.84. The van der Waals surface area contributed by atoms with Crippen LogP contribution in [0.25, 0.3) is 0 Å². The van der Waals surface area contributed by atoms with E-state index < -0.39 is 0 Å². The molecule has 6 heteroatoms. The first-order chi connectivity index (χ1) is 10.6. The number of ether oxygens (including phenoxy) is 2. The molecular formula is C16H18N2O4. The summed E-state index contributed by atoms with van der Waals surface area (Å²) in [7, 11) is 3.22. The van der Waals surface area contributed by atoms with E-state index in [0.29, 0.717) is 30.3 Å². The van der Waals surface area contributed by atoms with Gasteiger partial charge in [-0.15, -0.1) is 0 Å². The standard InChI is InChI=1S/C16H18N2O4/c1-10-6-15(22-17-10)16(19)18-5-4-11-7-13(20-2)14(21-3)8-12(11)9-18/h6-8H,4-5,9H2,1-3H3. The molecule has 2 aromatic rings. The van der Waals surface area contributed by atoms with Crippen LogP contribution in [-0.2, 0) is 13.0 Å². The van der Waals surface area contributed by atoms with Crippen molar-refractivity contribution in [1.29, 1.82) is 0 Å². The van der Waals surface area contributed by atoms with Crippen molar-refractivity contribution in [2.75, 3.05) is 20.8 Å². The van der Waals surface area contributed by atoms with Gasteiger partial charge in [0.1, 0.15) is 0 Å². The van der Waals surface area contributed by atoms with E-state index in [1.165, 1.54) is 5.56 Å². The first-order valence-electron chi connectivity index (χ1n) is 7.08. The molecule has 116 valence electrons. The normalized spacial score (nSPS) is 13.7. The molecule has 0 aliphatic carbocycles. The van der Waals surface area contributed by atoms with Gasteiger partial charge in [-0.3, -0.25) is 4.79 Å². The van der Waals surface area contributed by atoms with Gasteiger partial charge in [0.05, 0.1) is 19.9 Å². The van der Waals surface area contributed by atoms with Gasteiger partial charge in [-0.2, -0.15) is 0 Å². The molecule has 2 heterocycles. The molecule has 1 aliphatic heterocycles. The summed E-state index contributed by atoms with van der Waals surface area (Å²) < 4.78 is 15.7. The maximum Gasteiger partial charge on any atom is 0.292 e. The number of methoxy groups -OCH3 is 2. The lowest BCUT2D eigenvalue weighted by atomic mass is 9.98. The van der Waals surface area contributed by atoms with Gasteiger partial charge < -0.3 is 18.9 Å². The summed E-state index contributed by atoms with van der Waals surface area (Å²) in [5, 5.41) is 3.77. The van der Waals surface area contributed by atoms with Gasteiger partial charge in [-0.05, 0) is 36.6 Å². The Labute approximate surface area is 128 Å². The number of hydrogen-bond acceptors (Lipinski definition) is 5. The summed E-state index contributed by atoms with van der Waals surface area (Å²) in [5.74, 6) is 1.53. The SMILES string of the molecule is COc1cc2c(cc1OC)CN(C(=O)c1cc(C)no1)CC2. The molecule has 1 amide bonds. The fourth-order valence-electron chi connectivity index (χ4n) is 2.68. The summed E-state index contributed by atoms with van der Waals surface area (Å²) in [4.78, 5) is 14.2. The molecule has 0 saturated heterocycles.